The molecule has 1 atom stereocenters. The molecule has 0 aliphatic rings. The molecule has 3 N–H and O–H groups in total. The van der Waals surface area contributed by atoms with Crippen LogP contribution in [-0.4, -0.2) is 16.1 Å². The van der Waals surface area contributed by atoms with Crippen LogP contribution in [0.3, 0.4) is 0 Å². The number of carboxylic acids is 1. The number of benzene rings is 1. The molecular weight excluding hydrogens is 262 g/mol. The van der Waals surface area contributed by atoms with E-state index in [1.165, 1.54) is 11.4 Å². The summed E-state index contributed by atoms with van der Waals surface area (Å²) < 4.78 is 26.2. The average molecular weight is 270 g/mol. The van der Waals surface area contributed by atoms with Gasteiger partial charge < -0.3 is 10.8 Å². The molecule has 0 aliphatic carbocycles. The second-order valence-electron chi connectivity index (χ2n) is 3.52. The maximum absolute atomic E-state index is 13.5. The Morgan fingerprint density at radius 2 is 2.17 bits per heavy atom. The number of thiazole rings is 1. The average Bonchev–Trinajstić information content (AvgIpc) is 2.77. The van der Waals surface area contributed by atoms with Gasteiger partial charge in [0.05, 0.1) is 5.69 Å². The highest BCUT2D eigenvalue weighted by Crippen LogP contribution is 2.28. The Bertz CT molecular complexity index is 600. The largest absolute Gasteiger partial charge is 0.480 e. The Hall–Kier alpha value is -1.86. The summed E-state index contributed by atoms with van der Waals surface area (Å²) in [7, 11) is 0. The molecule has 2 rings (SSSR count). The van der Waals surface area contributed by atoms with Gasteiger partial charge >= 0.3 is 5.97 Å². The van der Waals surface area contributed by atoms with Gasteiger partial charge in [0.2, 0.25) is 0 Å². The number of carboxylic acid groups (broad SMARTS) is 1. The van der Waals surface area contributed by atoms with Crippen molar-refractivity contribution in [3.8, 4) is 10.6 Å². The fourth-order valence-electron chi connectivity index (χ4n) is 1.34. The summed E-state index contributed by atoms with van der Waals surface area (Å²) in [6.07, 6.45) is 0. The summed E-state index contributed by atoms with van der Waals surface area (Å²) in [6.45, 7) is 0. The number of carbonyl (C=O) groups is 1. The van der Waals surface area contributed by atoms with Crippen molar-refractivity contribution < 1.29 is 18.7 Å². The van der Waals surface area contributed by atoms with Crippen molar-refractivity contribution in [2.24, 2.45) is 5.73 Å². The molecule has 0 aliphatic heterocycles. The Morgan fingerprint density at radius 3 is 2.78 bits per heavy atom. The smallest absolute Gasteiger partial charge is 0.326 e. The second-order valence-corrected chi connectivity index (χ2v) is 4.38. The van der Waals surface area contributed by atoms with Crippen LogP contribution in [0, 0.1) is 11.6 Å². The van der Waals surface area contributed by atoms with Gasteiger partial charge in [0.15, 0.2) is 0 Å². The molecule has 94 valence electrons. The zero-order valence-corrected chi connectivity index (χ0v) is 9.75. The van der Waals surface area contributed by atoms with Crippen LogP contribution in [-0.2, 0) is 4.79 Å². The molecule has 1 aromatic carbocycles. The van der Waals surface area contributed by atoms with Gasteiger partial charge in [-0.2, -0.15) is 0 Å². The van der Waals surface area contributed by atoms with Crippen LogP contribution in [0.25, 0.3) is 10.6 Å². The van der Waals surface area contributed by atoms with E-state index in [0.29, 0.717) is 0 Å². The molecule has 0 radical (unpaired) electrons. The van der Waals surface area contributed by atoms with Gasteiger partial charge in [0, 0.05) is 17.0 Å². The second kappa shape index (κ2) is 4.79. The van der Waals surface area contributed by atoms with E-state index >= 15 is 0 Å². The van der Waals surface area contributed by atoms with E-state index in [9.17, 15) is 13.6 Å². The van der Waals surface area contributed by atoms with Crippen LogP contribution < -0.4 is 5.73 Å². The third-order valence-corrected chi connectivity index (χ3v) is 3.16. The minimum absolute atomic E-state index is 0.116. The molecule has 1 heterocycles. The Morgan fingerprint density at radius 1 is 1.44 bits per heavy atom. The lowest BCUT2D eigenvalue weighted by Gasteiger charge is -2.01. The molecule has 0 amide bonds. The van der Waals surface area contributed by atoms with Gasteiger partial charge in [0.25, 0.3) is 0 Å². The third-order valence-electron chi connectivity index (χ3n) is 2.27. The molecule has 0 saturated heterocycles. The summed E-state index contributed by atoms with van der Waals surface area (Å²) in [6, 6.07) is 1.85. The number of aliphatic carboxylic acids is 1. The molecule has 1 unspecified atom stereocenters. The quantitative estimate of drug-likeness (QED) is 0.896. The Balaban J connectivity index is 2.38. The van der Waals surface area contributed by atoms with Crippen LogP contribution in [0.4, 0.5) is 8.78 Å². The summed E-state index contributed by atoms with van der Waals surface area (Å²) in [5.41, 5.74) is 5.64. The molecular formula is C11H8F2N2O2S. The van der Waals surface area contributed by atoms with Gasteiger partial charge in [-0.25, -0.2) is 13.8 Å². The number of nitrogens with zero attached hydrogens (tertiary/aromatic N) is 1. The number of aromatic nitrogens is 1. The van der Waals surface area contributed by atoms with E-state index in [1.54, 1.807) is 0 Å². The van der Waals surface area contributed by atoms with Crippen molar-refractivity contribution in [1.29, 1.82) is 0 Å². The van der Waals surface area contributed by atoms with Crippen molar-refractivity contribution >= 4 is 17.3 Å². The molecule has 0 bridgehead atoms. The first-order chi connectivity index (χ1) is 8.49. The first kappa shape index (κ1) is 12.6. The third kappa shape index (κ3) is 2.36. The lowest BCUT2D eigenvalue weighted by atomic mass is 10.2. The molecule has 2 aromatic rings. The Labute approximate surface area is 105 Å². The van der Waals surface area contributed by atoms with Crippen LogP contribution in [0.5, 0.6) is 0 Å². The highest BCUT2D eigenvalue weighted by Gasteiger charge is 2.19. The minimum Gasteiger partial charge on any atom is -0.480 e. The van der Waals surface area contributed by atoms with E-state index in [-0.39, 0.29) is 16.3 Å². The SMILES string of the molecule is NC(C(=O)O)c1csc(-c2ccc(F)cc2F)n1. The van der Waals surface area contributed by atoms with E-state index in [4.69, 9.17) is 10.8 Å². The topological polar surface area (TPSA) is 76.2 Å². The van der Waals surface area contributed by atoms with Crippen LogP contribution >= 0.6 is 11.3 Å². The zero-order chi connectivity index (χ0) is 13.3. The maximum Gasteiger partial charge on any atom is 0.326 e. The standard InChI is InChI=1S/C11H8F2N2O2S/c12-5-1-2-6(7(13)3-5)10-15-8(4-18-10)9(14)11(16)17/h1-4,9H,14H2,(H,16,17). The minimum atomic E-state index is -1.25. The van der Waals surface area contributed by atoms with Crippen LogP contribution in [0.2, 0.25) is 0 Å². The highest BCUT2D eigenvalue weighted by molar-refractivity contribution is 7.13. The van der Waals surface area contributed by atoms with Crippen molar-refractivity contribution in [3.05, 3.63) is 40.9 Å². The predicted octanol–water partition coefficient (Wildman–Crippen LogP) is 2.17. The summed E-state index contributed by atoms with van der Waals surface area (Å²) in [5, 5.41) is 10.4. The molecule has 0 saturated carbocycles. The van der Waals surface area contributed by atoms with E-state index < -0.39 is 23.6 Å². The molecule has 0 fully saturated rings. The first-order valence-corrected chi connectivity index (χ1v) is 5.76. The number of hydrogen-bond donors (Lipinski definition) is 2. The predicted molar refractivity (Wildman–Crippen MR) is 62.0 cm³/mol. The molecule has 18 heavy (non-hydrogen) atoms. The van der Waals surface area contributed by atoms with E-state index in [2.05, 4.69) is 4.98 Å². The number of hydrogen-bond acceptors (Lipinski definition) is 4. The van der Waals surface area contributed by atoms with Gasteiger partial charge in [-0.05, 0) is 12.1 Å². The van der Waals surface area contributed by atoms with Crippen LogP contribution in [0.15, 0.2) is 23.6 Å². The number of nitrogens with two attached hydrogens (primary N) is 1. The van der Waals surface area contributed by atoms with Crippen molar-refractivity contribution in [2.45, 2.75) is 6.04 Å². The summed E-state index contributed by atoms with van der Waals surface area (Å²) >= 11 is 1.05. The molecule has 0 spiro atoms. The monoisotopic (exact) mass is 270 g/mol. The highest BCUT2D eigenvalue weighted by atomic mass is 32.1. The summed E-state index contributed by atoms with van der Waals surface area (Å²) in [5.74, 6) is -2.65. The van der Waals surface area contributed by atoms with E-state index in [0.717, 1.165) is 23.5 Å². The van der Waals surface area contributed by atoms with Crippen molar-refractivity contribution in [1.82, 2.24) is 4.98 Å². The molecule has 1 aromatic heterocycles. The number of halogens is 2. The zero-order valence-electron chi connectivity index (χ0n) is 8.93. The van der Waals surface area contributed by atoms with Gasteiger partial charge in [0.1, 0.15) is 22.7 Å². The fraction of sp³-hybridized carbons (Fsp3) is 0.0909. The molecule has 7 heteroatoms. The fourth-order valence-corrected chi connectivity index (χ4v) is 2.22. The number of rotatable bonds is 3. The van der Waals surface area contributed by atoms with E-state index in [1.807, 2.05) is 0 Å². The van der Waals surface area contributed by atoms with Crippen LogP contribution in [0.1, 0.15) is 11.7 Å². The van der Waals surface area contributed by atoms with Gasteiger partial charge in [-0.15, -0.1) is 11.3 Å². The summed E-state index contributed by atoms with van der Waals surface area (Å²) in [4.78, 5) is 14.6. The van der Waals surface area contributed by atoms with Crippen molar-refractivity contribution in [2.75, 3.05) is 0 Å². The van der Waals surface area contributed by atoms with Gasteiger partial charge in [-0.1, -0.05) is 0 Å². The molecule has 4 nitrogen and oxygen atoms in total. The maximum atomic E-state index is 13.5. The first-order valence-electron chi connectivity index (χ1n) is 4.88. The lowest BCUT2D eigenvalue weighted by molar-refractivity contribution is -0.138. The Kier molecular flexibility index (Phi) is 3.35. The van der Waals surface area contributed by atoms with Gasteiger partial charge in [-0.3, -0.25) is 4.79 Å². The lowest BCUT2D eigenvalue weighted by Crippen LogP contribution is -2.20. The normalized spacial score (nSPS) is 12.4. The van der Waals surface area contributed by atoms with Crippen molar-refractivity contribution in [3.63, 3.8) is 0 Å².